The second-order valence-electron chi connectivity index (χ2n) is 5.56. The van der Waals surface area contributed by atoms with Crippen LogP contribution in [0.2, 0.25) is 10.0 Å². The van der Waals surface area contributed by atoms with Gasteiger partial charge in [-0.05, 0) is 36.8 Å². The van der Waals surface area contributed by atoms with Crippen molar-refractivity contribution in [2.75, 3.05) is 18.4 Å². The molecular formula is C18H16Cl2F2N2O2. The molecule has 0 saturated heterocycles. The third-order valence-corrected chi connectivity index (χ3v) is 3.99. The molecule has 0 radical (unpaired) electrons. The molecule has 0 bridgehead atoms. The van der Waals surface area contributed by atoms with Crippen molar-refractivity contribution in [2.45, 2.75) is 13.3 Å². The second-order valence-corrected chi connectivity index (χ2v) is 6.40. The minimum absolute atomic E-state index is 0.162. The van der Waals surface area contributed by atoms with Crippen molar-refractivity contribution in [3.05, 3.63) is 63.6 Å². The monoisotopic (exact) mass is 400 g/mol. The number of benzene rings is 2. The molecule has 8 heteroatoms. The van der Waals surface area contributed by atoms with Crippen LogP contribution in [0.15, 0.2) is 36.4 Å². The molecule has 2 amide bonds. The summed E-state index contributed by atoms with van der Waals surface area (Å²) in [6.07, 6.45) is 0.564. The number of amides is 2. The van der Waals surface area contributed by atoms with E-state index in [4.69, 9.17) is 23.2 Å². The van der Waals surface area contributed by atoms with Crippen molar-refractivity contribution in [3.63, 3.8) is 0 Å². The molecule has 0 aliphatic rings. The highest BCUT2D eigenvalue weighted by molar-refractivity contribution is 6.35. The third kappa shape index (κ3) is 5.41. The molecule has 1 N–H and O–H groups in total. The zero-order chi connectivity index (χ0) is 19.3. The summed E-state index contributed by atoms with van der Waals surface area (Å²) in [6.45, 7) is 1.76. The molecule has 0 atom stereocenters. The molecule has 0 spiro atoms. The van der Waals surface area contributed by atoms with Gasteiger partial charge in [-0.25, -0.2) is 8.78 Å². The van der Waals surface area contributed by atoms with Crippen LogP contribution in [0.1, 0.15) is 23.7 Å². The van der Waals surface area contributed by atoms with Gasteiger partial charge in [0.15, 0.2) is 0 Å². The molecular weight excluding hydrogens is 385 g/mol. The topological polar surface area (TPSA) is 49.4 Å². The highest BCUT2D eigenvalue weighted by Gasteiger charge is 2.20. The van der Waals surface area contributed by atoms with Crippen LogP contribution in [0.5, 0.6) is 0 Å². The molecule has 0 aliphatic heterocycles. The average molecular weight is 401 g/mol. The number of carbonyl (C=O) groups excluding carboxylic acids is 2. The third-order valence-electron chi connectivity index (χ3n) is 3.43. The van der Waals surface area contributed by atoms with Crippen LogP contribution in [0.3, 0.4) is 0 Å². The van der Waals surface area contributed by atoms with E-state index in [0.717, 1.165) is 12.1 Å². The van der Waals surface area contributed by atoms with E-state index in [-0.39, 0.29) is 18.7 Å². The van der Waals surface area contributed by atoms with E-state index in [9.17, 15) is 18.4 Å². The fourth-order valence-electron chi connectivity index (χ4n) is 2.34. The second kappa shape index (κ2) is 8.96. The normalized spacial score (nSPS) is 10.5. The number of halogens is 4. The van der Waals surface area contributed by atoms with E-state index in [0.29, 0.717) is 28.2 Å². The molecule has 138 valence electrons. The first-order valence-electron chi connectivity index (χ1n) is 7.80. The molecule has 0 saturated carbocycles. The summed E-state index contributed by atoms with van der Waals surface area (Å²) >= 11 is 11.9. The van der Waals surface area contributed by atoms with Gasteiger partial charge in [0.25, 0.3) is 5.91 Å². The Balaban J connectivity index is 2.15. The summed E-state index contributed by atoms with van der Waals surface area (Å²) < 4.78 is 26.7. The first-order chi connectivity index (χ1) is 12.3. The summed E-state index contributed by atoms with van der Waals surface area (Å²) in [5.74, 6) is -2.87. The standard InChI is InChI=1S/C18H16Cl2F2N2O2/c1-2-5-24(18(26)11-6-13(21)9-14(22)7-11)10-17(25)23-16-8-12(19)3-4-15(16)20/h3-4,6-9H,2,5,10H2,1H3,(H,23,25). The van der Waals surface area contributed by atoms with Crippen LogP contribution in [0, 0.1) is 11.6 Å². The SMILES string of the molecule is CCCN(CC(=O)Nc1cc(Cl)ccc1Cl)C(=O)c1cc(F)cc(F)c1. The van der Waals surface area contributed by atoms with Crippen LogP contribution in [0.25, 0.3) is 0 Å². The quantitative estimate of drug-likeness (QED) is 0.759. The molecule has 0 aliphatic carbocycles. The number of hydrogen-bond acceptors (Lipinski definition) is 2. The molecule has 0 fully saturated rings. The average Bonchev–Trinajstić information content (AvgIpc) is 2.56. The predicted octanol–water partition coefficient (Wildman–Crippen LogP) is 4.76. The van der Waals surface area contributed by atoms with Crippen molar-refractivity contribution in [1.29, 1.82) is 0 Å². The molecule has 26 heavy (non-hydrogen) atoms. The Morgan fingerprint density at radius 1 is 1.08 bits per heavy atom. The maximum absolute atomic E-state index is 13.4. The van der Waals surface area contributed by atoms with Crippen LogP contribution >= 0.6 is 23.2 Å². The van der Waals surface area contributed by atoms with Gasteiger partial charge in [0.2, 0.25) is 5.91 Å². The van der Waals surface area contributed by atoms with E-state index >= 15 is 0 Å². The Bertz CT molecular complexity index is 811. The van der Waals surface area contributed by atoms with Crippen LogP contribution < -0.4 is 5.32 Å². The van der Waals surface area contributed by atoms with Crippen molar-refractivity contribution < 1.29 is 18.4 Å². The van der Waals surface area contributed by atoms with E-state index < -0.39 is 23.4 Å². The fourth-order valence-corrected chi connectivity index (χ4v) is 2.68. The van der Waals surface area contributed by atoms with Crippen molar-refractivity contribution in [3.8, 4) is 0 Å². The molecule has 0 unspecified atom stereocenters. The number of nitrogens with zero attached hydrogens (tertiary/aromatic N) is 1. The van der Waals surface area contributed by atoms with Crippen LogP contribution in [-0.2, 0) is 4.79 Å². The Kier molecular flexibility index (Phi) is 6.94. The van der Waals surface area contributed by atoms with Crippen LogP contribution in [-0.4, -0.2) is 29.8 Å². The Labute approximate surface area is 159 Å². The zero-order valence-electron chi connectivity index (χ0n) is 13.9. The zero-order valence-corrected chi connectivity index (χ0v) is 15.4. The number of carbonyl (C=O) groups is 2. The largest absolute Gasteiger partial charge is 0.329 e. The molecule has 0 aromatic heterocycles. The Hall–Kier alpha value is -2.18. The minimum atomic E-state index is -0.861. The maximum Gasteiger partial charge on any atom is 0.254 e. The lowest BCUT2D eigenvalue weighted by Crippen LogP contribution is -2.38. The summed E-state index contributed by atoms with van der Waals surface area (Å²) in [6, 6.07) is 7.12. The van der Waals surface area contributed by atoms with Crippen molar-refractivity contribution in [1.82, 2.24) is 4.90 Å². The van der Waals surface area contributed by atoms with E-state index in [2.05, 4.69) is 5.32 Å². The van der Waals surface area contributed by atoms with Gasteiger partial charge in [-0.2, -0.15) is 0 Å². The van der Waals surface area contributed by atoms with Gasteiger partial charge in [0.1, 0.15) is 18.2 Å². The van der Waals surface area contributed by atoms with E-state index in [1.54, 1.807) is 6.07 Å². The van der Waals surface area contributed by atoms with Gasteiger partial charge in [0, 0.05) is 23.2 Å². The maximum atomic E-state index is 13.4. The van der Waals surface area contributed by atoms with Gasteiger partial charge >= 0.3 is 0 Å². The Morgan fingerprint density at radius 2 is 1.73 bits per heavy atom. The van der Waals surface area contributed by atoms with Gasteiger partial charge in [0.05, 0.1) is 10.7 Å². The summed E-state index contributed by atoms with van der Waals surface area (Å²) in [4.78, 5) is 26.0. The van der Waals surface area contributed by atoms with Crippen molar-refractivity contribution >= 4 is 40.7 Å². The highest BCUT2D eigenvalue weighted by Crippen LogP contribution is 2.25. The summed E-state index contributed by atoms with van der Waals surface area (Å²) in [5, 5.41) is 3.26. The first-order valence-corrected chi connectivity index (χ1v) is 8.56. The van der Waals surface area contributed by atoms with E-state index in [1.807, 2.05) is 6.92 Å². The lowest BCUT2D eigenvalue weighted by atomic mass is 10.1. The molecule has 2 aromatic carbocycles. The summed E-state index contributed by atoms with van der Waals surface area (Å²) in [5.41, 5.74) is 0.148. The highest BCUT2D eigenvalue weighted by atomic mass is 35.5. The molecule has 0 heterocycles. The number of anilines is 1. The lowest BCUT2D eigenvalue weighted by molar-refractivity contribution is -0.116. The van der Waals surface area contributed by atoms with Gasteiger partial charge in [-0.1, -0.05) is 30.1 Å². The molecule has 2 rings (SSSR count). The smallest absolute Gasteiger partial charge is 0.254 e. The molecule has 4 nitrogen and oxygen atoms in total. The van der Waals surface area contributed by atoms with Crippen LogP contribution in [0.4, 0.5) is 14.5 Å². The minimum Gasteiger partial charge on any atom is -0.329 e. The lowest BCUT2D eigenvalue weighted by Gasteiger charge is -2.22. The van der Waals surface area contributed by atoms with E-state index in [1.165, 1.54) is 17.0 Å². The predicted molar refractivity (Wildman–Crippen MR) is 97.6 cm³/mol. The first kappa shape index (κ1) is 20.1. The molecule has 2 aromatic rings. The Morgan fingerprint density at radius 3 is 2.35 bits per heavy atom. The van der Waals surface area contributed by atoms with Crippen molar-refractivity contribution in [2.24, 2.45) is 0 Å². The number of nitrogens with one attached hydrogen (secondary N) is 1. The van der Waals surface area contributed by atoms with Gasteiger partial charge in [-0.15, -0.1) is 0 Å². The number of rotatable bonds is 6. The van der Waals surface area contributed by atoms with Gasteiger partial charge in [-0.3, -0.25) is 9.59 Å². The van der Waals surface area contributed by atoms with Gasteiger partial charge < -0.3 is 10.2 Å². The fraction of sp³-hybridized carbons (Fsp3) is 0.222. The number of hydrogen-bond donors (Lipinski definition) is 1. The summed E-state index contributed by atoms with van der Waals surface area (Å²) in [7, 11) is 0.